The fourth-order valence-corrected chi connectivity index (χ4v) is 7.71. The molecular weight excluding hydrogens is 694 g/mol. The van der Waals surface area contributed by atoms with Crippen molar-refractivity contribution < 1.29 is 39.4 Å². The van der Waals surface area contributed by atoms with Crippen LogP contribution in [-0.2, 0) is 10.1 Å². The molecule has 0 aromatic heterocycles. The van der Waals surface area contributed by atoms with Crippen LogP contribution in [0.5, 0.6) is 0 Å². The number of hydrogen-bond acceptors (Lipinski definition) is 3. The molecule has 0 bridgehead atoms. The first-order valence-corrected chi connectivity index (χ1v) is 22.7. The number of rotatable bonds is 33. The molecule has 0 heterocycles. The zero-order chi connectivity index (χ0) is 39.1. The largest absolute Gasteiger partial charge is 0.744 e. The first kappa shape index (κ1) is 50.7. The lowest BCUT2D eigenvalue weighted by Gasteiger charge is -2.40. The van der Waals surface area contributed by atoms with Crippen molar-refractivity contribution >= 4 is 10.1 Å². The molecule has 1 aromatic rings. The van der Waals surface area contributed by atoms with Gasteiger partial charge in [-0.1, -0.05) is 156 Å². The van der Waals surface area contributed by atoms with Crippen molar-refractivity contribution in [2.24, 2.45) is 0 Å². The van der Waals surface area contributed by atoms with Gasteiger partial charge in [0.1, 0.15) is 15.0 Å². The van der Waals surface area contributed by atoms with Gasteiger partial charge in [0, 0.05) is 0 Å². The highest BCUT2D eigenvalue weighted by atomic mass is 32.2. The maximum atomic E-state index is 12.6. The normalized spacial score (nSPS) is 12.0. The highest BCUT2D eigenvalue weighted by Gasteiger charge is 2.29. The van der Waals surface area contributed by atoms with Crippen molar-refractivity contribution in [3.05, 3.63) is 29.1 Å². The molecule has 0 amide bonds. The average Bonchev–Trinajstić information content (AvgIpc) is 3.11. The van der Waals surface area contributed by atoms with Gasteiger partial charge in [0.15, 0.2) is 23.3 Å². The van der Waals surface area contributed by atoms with E-state index in [2.05, 4.69) is 27.7 Å². The molecule has 0 aliphatic carbocycles. The van der Waals surface area contributed by atoms with Crippen molar-refractivity contribution in [1.29, 1.82) is 0 Å². The summed E-state index contributed by atoms with van der Waals surface area (Å²) >= 11 is 0. The van der Waals surface area contributed by atoms with Gasteiger partial charge >= 0.3 is 0 Å². The zero-order valence-corrected chi connectivity index (χ0v) is 34.4. The molecule has 0 fully saturated rings. The van der Waals surface area contributed by atoms with E-state index in [9.17, 15) is 34.9 Å². The Morgan fingerprint density at radius 1 is 0.365 bits per heavy atom. The Kier molecular flexibility index (Phi) is 31.3. The van der Waals surface area contributed by atoms with Gasteiger partial charge in [0.2, 0.25) is 5.82 Å². The van der Waals surface area contributed by atoms with Gasteiger partial charge in [-0.3, -0.25) is 0 Å². The Hall–Kier alpha value is -1.26. The summed E-state index contributed by atoms with van der Waals surface area (Å²) in [5, 5.41) is 0. The van der Waals surface area contributed by atoms with Crippen molar-refractivity contribution in [2.45, 2.75) is 212 Å². The third kappa shape index (κ3) is 23.5. The van der Waals surface area contributed by atoms with Crippen molar-refractivity contribution in [2.75, 3.05) is 26.2 Å². The summed E-state index contributed by atoms with van der Waals surface area (Å²) in [5.41, 5.74) is 0. The summed E-state index contributed by atoms with van der Waals surface area (Å²) in [4.78, 5) is -2.38. The van der Waals surface area contributed by atoms with Crippen molar-refractivity contribution in [3.8, 4) is 0 Å². The quantitative estimate of drug-likeness (QED) is 0.0179. The standard InChI is InChI=1S/C36H76N.C6HF5O3S/c1-5-9-13-17-21-25-29-33-37(34-30-26-22-18-14-10-6-2,35-31-27-23-19-15-11-7-3)36-32-28-24-20-16-12-8-4;7-1-2(8)4(10)6(15(12,13)14)5(11)3(1)9/h5-36H2,1-4H3;(H,12,13,14)/q+1;/p-1. The molecule has 0 unspecified atom stereocenters. The van der Waals surface area contributed by atoms with E-state index in [-0.39, 0.29) is 0 Å². The molecule has 308 valence electrons. The molecule has 1 aromatic carbocycles. The van der Waals surface area contributed by atoms with Crippen LogP contribution >= 0.6 is 0 Å². The third-order valence-corrected chi connectivity index (χ3v) is 11.2. The number of quaternary nitrogens is 1. The number of benzene rings is 1. The van der Waals surface area contributed by atoms with Crippen LogP contribution in [0.2, 0.25) is 0 Å². The molecule has 0 aliphatic rings. The Morgan fingerprint density at radius 3 is 0.769 bits per heavy atom. The third-order valence-electron chi connectivity index (χ3n) is 10.4. The molecule has 4 nitrogen and oxygen atoms in total. The topological polar surface area (TPSA) is 57.2 Å². The lowest BCUT2D eigenvalue weighted by atomic mass is 10.0. The predicted molar refractivity (Wildman–Crippen MR) is 206 cm³/mol. The van der Waals surface area contributed by atoms with E-state index in [4.69, 9.17) is 0 Å². The summed E-state index contributed by atoms with van der Waals surface area (Å²) in [6.07, 6.45) is 40.7. The van der Waals surface area contributed by atoms with Crippen molar-refractivity contribution in [1.82, 2.24) is 0 Å². The molecule has 0 saturated carbocycles. The molecular formula is C42H76F5NO3S. The van der Waals surface area contributed by atoms with Crippen molar-refractivity contribution in [3.63, 3.8) is 0 Å². The van der Waals surface area contributed by atoms with Gasteiger partial charge in [-0.05, 0) is 51.4 Å². The summed E-state index contributed by atoms with van der Waals surface area (Å²) in [6, 6.07) is 0. The molecule has 0 aliphatic heterocycles. The molecule has 52 heavy (non-hydrogen) atoms. The van der Waals surface area contributed by atoms with E-state index in [0.29, 0.717) is 0 Å². The molecule has 0 N–H and O–H groups in total. The SMILES string of the molecule is CCCCCCCCC[N+](CCCCCCCCC)(CCCCCCCCC)CCCCCCCCC.O=S(=O)([O-])c1c(F)c(F)c(F)c(F)c1F. The predicted octanol–water partition coefficient (Wildman–Crippen LogP) is 14.1. The fraction of sp³-hybridized carbons (Fsp3) is 0.857. The fourth-order valence-electron chi connectivity index (χ4n) is 7.09. The smallest absolute Gasteiger partial charge is 0.200 e. The van der Waals surface area contributed by atoms with Gasteiger partial charge in [0.05, 0.1) is 26.2 Å². The lowest BCUT2D eigenvalue weighted by Crippen LogP contribution is -2.50. The second-order valence-corrected chi connectivity index (χ2v) is 16.4. The molecule has 0 spiro atoms. The molecule has 0 radical (unpaired) electrons. The van der Waals surface area contributed by atoms with Crippen LogP contribution in [0.25, 0.3) is 0 Å². The maximum absolute atomic E-state index is 12.6. The minimum atomic E-state index is -5.77. The summed E-state index contributed by atoms with van der Waals surface area (Å²) in [6.45, 7) is 15.3. The number of halogens is 5. The van der Waals surface area contributed by atoms with Crippen LogP contribution in [0.4, 0.5) is 22.0 Å². The molecule has 0 atom stereocenters. The maximum Gasteiger partial charge on any atom is 0.200 e. The lowest BCUT2D eigenvalue weighted by molar-refractivity contribution is -0.929. The van der Waals surface area contributed by atoms with Crippen LogP contribution < -0.4 is 0 Å². The first-order chi connectivity index (χ1) is 24.9. The van der Waals surface area contributed by atoms with Gasteiger partial charge in [-0.2, -0.15) is 0 Å². The summed E-state index contributed by atoms with van der Waals surface area (Å²) in [7, 11) is -5.77. The van der Waals surface area contributed by atoms with E-state index in [1.165, 1.54) is 210 Å². The van der Waals surface area contributed by atoms with E-state index >= 15 is 0 Å². The molecule has 0 saturated heterocycles. The Balaban J connectivity index is 0.00000143. The van der Waals surface area contributed by atoms with Gasteiger partial charge < -0.3 is 9.04 Å². The average molecular weight is 770 g/mol. The van der Waals surface area contributed by atoms with Gasteiger partial charge in [-0.15, -0.1) is 0 Å². The number of hydrogen-bond donors (Lipinski definition) is 0. The minimum absolute atomic E-state index is 1.37. The van der Waals surface area contributed by atoms with Gasteiger partial charge in [-0.25, -0.2) is 30.4 Å². The molecule has 10 heteroatoms. The summed E-state index contributed by atoms with van der Waals surface area (Å²) in [5.74, 6) is -12.8. The Labute approximate surface area is 316 Å². The van der Waals surface area contributed by atoms with E-state index in [1.807, 2.05) is 0 Å². The minimum Gasteiger partial charge on any atom is -0.744 e. The van der Waals surface area contributed by atoms with Crippen LogP contribution in [0, 0.1) is 29.1 Å². The summed E-state index contributed by atoms with van der Waals surface area (Å²) < 4.78 is 94.4. The second-order valence-electron chi connectivity index (χ2n) is 15.1. The van der Waals surface area contributed by atoms with Crippen LogP contribution in [0.3, 0.4) is 0 Å². The van der Waals surface area contributed by atoms with E-state index in [1.54, 1.807) is 0 Å². The zero-order valence-electron chi connectivity index (χ0n) is 33.6. The molecule has 1 rings (SSSR count). The Bertz CT molecular complexity index is 1010. The van der Waals surface area contributed by atoms with Gasteiger partial charge in [0.25, 0.3) is 0 Å². The Morgan fingerprint density at radius 2 is 0.558 bits per heavy atom. The highest BCUT2D eigenvalue weighted by Crippen LogP contribution is 2.26. The highest BCUT2D eigenvalue weighted by molar-refractivity contribution is 7.85. The van der Waals surface area contributed by atoms with Crippen LogP contribution in [-0.4, -0.2) is 43.6 Å². The number of unbranched alkanes of at least 4 members (excludes halogenated alkanes) is 24. The first-order valence-electron chi connectivity index (χ1n) is 21.2. The van der Waals surface area contributed by atoms with E-state index in [0.717, 1.165) is 0 Å². The van der Waals surface area contributed by atoms with Crippen LogP contribution in [0.15, 0.2) is 4.90 Å². The second kappa shape index (κ2) is 32.0. The monoisotopic (exact) mass is 770 g/mol. The van der Waals surface area contributed by atoms with E-state index < -0.39 is 44.1 Å². The number of nitrogens with zero attached hydrogens (tertiary/aromatic N) is 1. The van der Waals surface area contributed by atoms with Crippen LogP contribution in [0.1, 0.15) is 207 Å².